The Labute approximate surface area is 67.9 Å². The van der Waals surface area contributed by atoms with Crippen LogP contribution in [0.1, 0.15) is 39.5 Å². The summed E-state index contributed by atoms with van der Waals surface area (Å²) in [5.41, 5.74) is 1.19. The number of carboxylic acids is 1. The zero-order chi connectivity index (χ0) is 8.69. The summed E-state index contributed by atoms with van der Waals surface area (Å²) in [6, 6.07) is 0. The largest absolute Gasteiger partial charge is 0.481 e. The zero-order valence-corrected chi connectivity index (χ0v) is 7.26. The van der Waals surface area contributed by atoms with Crippen LogP contribution in [0, 0.1) is 0 Å². The molecule has 2 nitrogen and oxygen atoms in total. The number of hydrogen-bond donors (Lipinski definition) is 1. The Hall–Kier alpha value is -0.790. The van der Waals surface area contributed by atoms with E-state index in [1.165, 1.54) is 5.57 Å². The number of carboxylic acid groups (broad SMARTS) is 1. The summed E-state index contributed by atoms with van der Waals surface area (Å²) in [7, 11) is 0. The molecule has 0 amide bonds. The SMILES string of the molecule is CCCCC(C)=CCC(=O)O. The van der Waals surface area contributed by atoms with Gasteiger partial charge in [0.15, 0.2) is 0 Å². The van der Waals surface area contributed by atoms with Crippen molar-refractivity contribution >= 4 is 5.97 Å². The lowest BCUT2D eigenvalue weighted by atomic mass is 10.1. The molecule has 0 aromatic heterocycles. The van der Waals surface area contributed by atoms with E-state index >= 15 is 0 Å². The van der Waals surface area contributed by atoms with Crippen LogP contribution < -0.4 is 0 Å². The van der Waals surface area contributed by atoms with Crippen LogP contribution in [-0.4, -0.2) is 11.1 Å². The highest BCUT2D eigenvalue weighted by atomic mass is 16.4. The van der Waals surface area contributed by atoms with Gasteiger partial charge < -0.3 is 5.11 Å². The number of aliphatic carboxylic acids is 1. The molecule has 0 radical (unpaired) electrons. The van der Waals surface area contributed by atoms with E-state index in [-0.39, 0.29) is 6.42 Å². The van der Waals surface area contributed by atoms with Gasteiger partial charge in [0.1, 0.15) is 0 Å². The minimum atomic E-state index is -0.749. The Balaban J connectivity index is 3.54. The van der Waals surface area contributed by atoms with Crippen LogP contribution in [0.15, 0.2) is 11.6 Å². The molecule has 0 heterocycles. The van der Waals surface area contributed by atoms with Crippen LogP contribution in [0.25, 0.3) is 0 Å². The molecule has 0 aliphatic carbocycles. The third-order valence-electron chi connectivity index (χ3n) is 1.55. The molecular formula is C9H16O2. The minimum Gasteiger partial charge on any atom is -0.481 e. The Kier molecular flexibility index (Phi) is 5.53. The van der Waals surface area contributed by atoms with Gasteiger partial charge in [-0.2, -0.15) is 0 Å². The lowest BCUT2D eigenvalue weighted by molar-refractivity contribution is -0.136. The number of unbranched alkanes of at least 4 members (excludes halogenated alkanes) is 1. The van der Waals surface area contributed by atoms with E-state index in [0.29, 0.717) is 0 Å². The van der Waals surface area contributed by atoms with Crippen LogP contribution in [0.2, 0.25) is 0 Å². The molecule has 1 N–H and O–H groups in total. The van der Waals surface area contributed by atoms with Crippen LogP contribution >= 0.6 is 0 Å². The van der Waals surface area contributed by atoms with E-state index in [0.717, 1.165) is 19.3 Å². The third-order valence-corrected chi connectivity index (χ3v) is 1.55. The van der Waals surface area contributed by atoms with Gasteiger partial charge in [-0.05, 0) is 19.8 Å². The molecule has 64 valence electrons. The minimum absolute atomic E-state index is 0.162. The van der Waals surface area contributed by atoms with Crippen molar-refractivity contribution in [1.82, 2.24) is 0 Å². The third kappa shape index (κ3) is 7.10. The van der Waals surface area contributed by atoms with Crippen molar-refractivity contribution in [2.75, 3.05) is 0 Å². The van der Waals surface area contributed by atoms with Crippen molar-refractivity contribution in [2.45, 2.75) is 39.5 Å². The van der Waals surface area contributed by atoms with Gasteiger partial charge in [-0.25, -0.2) is 0 Å². The Morgan fingerprint density at radius 2 is 2.18 bits per heavy atom. The molecule has 0 aromatic rings. The highest BCUT2D eigenvalue weighted by Crippen LogP contribution is 2.06. The van der Waals surface area contributed by atoms with E-state index in [1.54, 1.807) is 6.08 Å². The molecular weight excluding hydrogens is 140 g/mol. The first-order chi connectivity index (χ1) is 5.16. The molecule has 0 aliphatic heterocycles. The van der Waals surface area contributed by atoms with Gasteiger partial charge in [0.05, 0.1) is 6.42 Å². The summed E-state index contributed by atoms with van der Waals surface area (Å²) in [6.45, 7) is 4.11. The van der Waals surface area contributed by atoms with Crippen molar-refractivity contribution in [3.05, 3.63) is 11.6 Å². The van der Waals surface area contributed by atoms with E-state index in [9.17, 15) is 4.79 Å². The van der Waals surface area contributed by atoms with Crippen LogP contribution in [0.5, 0.6) is 0 Å². The first-order valence-corrected chi connectivity index (χ1v) is 4.04. The van der Waals surface area contributed by atoms with Gasteiger partial charge in [-0.1, -0.05) is 25.0 Å². The number of hydrogen-bond acceptors (Lipinski definition) is 1. The van der Waals surface area contributed by atoms with E-state index in [2.05, 4.69) is 6.92 Å². The molecule has 0 rings (SSSR count). The maximum atomic E-state index is 10.1. The van der Waals surface area contributed by atoms with Gasteiger partial charge in [0.25, 0.3) is 0 Å². The smallest absolute Gasteiger partial charge is 0.307 e. The summed E-state index contributed by atoms with van der Waals surface area (Å²) < 4.78 is 0. The normalized spacial score (nSPS) is 11.6. The fourth-order valence-corrected chi connectivity index (χ4v) is 0.819. The molecule has 0 spiro atoms. The van der Waals surface area contributed by atoms with Gasteiger partial charge in [0.2, 0.25) is 0 Å². The summed E-state index contributed by atoms with van der Waals surface area (Å²) >= 11 is 0. The maximum absolute atomic E-state index is 10.1. The standard InChI is InChI=1S/C9H16O2/c1-3-4-5-8(2)6-7-9(10)11/h6H,3-5,7H2,1-2H3,(H,10,11). The maximum Gasteiger partial charge on any atom is 0.307 e. The molecule has 11 heavy (non-hydrogen) atoms. The zero-order valence-electron chi connectivity index (χ0n) is 7.26. The predicted octanol–water partition coefficient (Wildman–Crippen LogP) is 2.60. The molecule has 0 saturated carbocycles. The van der Waals surface area contributed by atoms with Crippen molar-refractivity contribution in [2.24, 2.45) is 0 Å². The number of allylic oxidation sites excluding steroid dienone is 1. The second kappa shape index (κ2) is 5.96. The average Bonchev–Trinajstić information content (AvgIpc) is 1.97. The van der Waals surface area contributed by atoms with E-state index in [4.69, 9.17) is 5.11 Å². The highest BCUT2D eigenvalue weighted by molar-refractivity contribution is 5.68. The molecule has 0 aliphatic rings. The second-order valence-corrected chi connectivity index (χ2v) is 2.75. The monoisotopic (exact) mass is 156 g/mol. The van der Waals surface area contributed by atoms with Crippen molar-refractivity contribution in [1.29, 1.82) is 0 Å². The number of rotatable bonds is 5. The van der Waals surface area contributed by atoms with E-state index < -0.39 is 5.97 Å². The molecule has 0 aromatic carbocycles. The molecule has 0 fully saturated rings. The summed E-state index contributed by atoms with van der Waals surface area (Å²) in [6.07, 6.45) is 5.30. The summed E-state index contributed by atoms with van der Waals surface area (Å²) in [5.74, 6) is -0.749. The van der Waals surface area contributed by atoms with Gasteiger partial charge in [-0.3, -0.25) is 4.79 Å². The quantitative estimate of drug-likeness (QED) is 0.621. The van der Waals surface area contributed by atoms with Gasteiger partial charge in [-0.15, -0.1) is 0 Å². The van der Waals surface area contributed by atoms with Crippen LogP contribution in [0.4, 0.5) is 0 Å². The Bertz CT molecular complexity index is 148. The average molecular weight is 156 g/mol. The van der Waals surface area contributed by atoms with E-state index in [1.807, 2.05) is 6.92 Å². The van der Waals surface area contributed by atoms with Gasteiger partial charge >= 0.3 is 5.97 Å². The van der Waals surface area contributed by atoms with Crippen LogP contribution in [0.3, 0.4) is 0 Å². The molecule has 0 saturated heterocycles. The number of carbonyl (C=O) groups is 1. The fourth-order valence-electron chi connectivity index (χ4n) is 0.819. The fraction of sp³-hybridized carbons (Fsp3) is 0.667. The Morgan fingerprint density at radius 3 is 2.64 bits per heavy atom. The molecule has 0 unspecified atom stereocenters. The molecule has 2 heteroatoms. The summed E-state index contributed by atoms with van der Waals surface area (Å²) in [5, 5.41) is 8.34. The van der Waals surface area contributed by atoms with Gasteiger partial charge in [0, 0.05) is 0 Å². The Morgan fingerprint density at radius 1 is 1.55 bits per heavy atom. The second-order valence-electron chi connectivity index (χ2n) is 2.75. The van der Waals surface area contributed by atoms with Crippen molar-refractivity contribution < 1.29 is 9.90 Å². The molecule has 0 bridgehead atoms. The van der Waals surface area contributed by atoms with Crippen LogP contribution in [-0.2, 0) is 4.79 Å². The predicted molar refractivity (Wildman–Crippen MR) is 45.5 cm³/mol. The summed E-state index contributed by atoms with van der Waals surface area (Å²) in [4.78, 5) is 10.1. The molecule has 0 atom stereocenters. The van der Waals surface area contributed by atoms with Crippen molar-refractivity contribution in [3.63, 3.8) is 0 Å². The van der Waals surface area contributed by atoms with Crippen molar-refractivity contribution in [3.8, 4) is 0 Å². The lowest BCUT2D eigenvalue weighted by Gasteiger charge is -1.96. The lowest BCUT2D eigenvalue weighted by Crippen LogP contribution is -1.91. The first kappa shape index (κ1) is 10.2. The highest BCUT2D eigenvalue weighted by Gasteiger charge is 1.93. The first-order valence-electron chi connectivity index (χ1n) is 4.04. The topological polar surface area (TPSA) is 37.3 Å².